The van der Waals surface area contributed by atoms with Crippen LogP contribution in [0.3, 0.4) is 0 Å². The lowest BCUT2D eigenvalue weighted by atomic mass is 10.0. The first-order valence-electron chi connectivity index (χ1n) is 11.0. The van der Waals surface area contributed by atoms with Gasteiger partial charge in [-0.2, -0.15) is 0 Å². The van der Waals surface area contributed by atoms with Crippen LogP contribution in [0.4, 0.5) is 10.6 Å². The number of nitrogens with one attached hydrogen (secondary N) is 2. The van der Waals surface area contributed by atoms with Gasteiger partial charge in [-0.15, -0.1) is 0 Å². The van der Waals surface area contributed by atoms with Gasteiger partial charge in [0.1, 0.15) is 36.0 Å². The minimum Gasteiger partial charge on any atom is -0.496 e. The van der Waals surface area contributed by atoms with Gasteiger partial charge in [-0.3, -0.25) is 5.32 Å². The molecule has 10 heteroatoms. The zero-order valence-electron chi connectivity index (χ0n) is 20.3. The molecule has 0 aliphatic carbocycles. The summed E-state index contributed by atoms with van der Waals surface area (Å²) in [4.78, 5) is 27.2. The molecule has 0 radical (unpaired) electrons. The highest BCUT2D eigenvalue weighted by Gasteiger charge is 2.20. The Kier molecular flexibility index (Phi) is 8.29. The first-order valence-corrected chi connectivity index (χ1v) is 14.8. The minimum absolute atomic E-state index is 0.0763. The summed E-state index contributed by atoms with van der Waals surface area (Å²) in [6.45, 7) is 7.82. The third kappa shape index (κ3) is 6.15. The molecule has 3 aromatic rings. The quantitative estimate of drug-likeness (QED) is 0.238. The molecule has 0 aliphatic rings. The third-order valence-corrected chi connectivity index (χ3v) is 6.94. The van der Waals surface area contributed by atoms with Crippen LogP contribution in [0.2, 0.25) is 25.7 Å². The number of hydrogen-bond donors (Lipinski definition) is 2. The number of nitrogens with zero attached hydrogens (tertiary/aromatic N) is 2. The van der Waals surface area contributed by atoms with Gasteiger partial charge in [0.25, 0.3) is 0 Å². The molecular weight excluding hydrogens is 452 g/mol. The van der Waals surface area contributed by atoms with Crippen molar-refractivity contribution in [2.75, 3.05) is 32.7 Å². The van der Waals surface area contributed by atoms with E-state index in [0.717, 1.165) is 22.6 Å². The molecule has 0 fully saturated rings. The molecule has 0 saturated carbocycles. The number of pyridine rings is 1. The summed E-state index contributed by atoms with van der Waals surface area (Å²) < 4.78 is 19.1. The second-order valence-electron chi connectivity index (χ2n) is 8.97. The van der Waals surface area contributed by atoms with E-state index in [2.05, 4.69) is 35.3 Å². The number of carbonyl (C=O) groups is 2. The monoisotopic (exact) mass is 484 g/mol. The molecule has 0 spiro atoms. The van der Waals surface area contributed by atoms with Crippen molar-refractivity contribution in [1.82, 2.24) is 14.9 Å². The lowest BCUT2D eigenvalue weighted by molar-refractivity contribution is -0.107. The fourth-order valence-corrected chi connectivity index (χ4v) is 4.24. The SMILES string of the molecule is COc1cccc(OC)c1-c1cn(COCC[Si](C)(C)C)c2nc(NC(=O)NCC=O)ccc12. The Morgan fingerprint density at radius 3 is 2.44 bits per heavy atom. The number of benzene rings is 1. The molecule has 3 rings (SSSR count). The number of methoxy groups -OCH3 is 2. The van der Waals surface area contributed by atoms with Gasteiger partial charge in [-0.05, 0) is 30.3 Å². The van der Waals surface area contributed by atoms with Crippen LogP contribution in [0.25, 0.3) is 22.2 Å². The van der Waals surface area contributed by atoms with Crippen LogP contribution in [-0.2, 0) is 16.3 Å². The van der Waals surface area contributed by atoms with E-state index in [1.54, 1.807) is 20.3 Å². The molecule has 9 nitrogen and oxygen atoms in total. The normalized spacial score (nSPS) is 11.3. The molecule has 1 aromatic carbocycles. The molecule has 0 bridgehead atoms. The Hall–Kier alpha value is -3.37. The Balaban J connectivity index is 2.03. The summed E-state index contributed by atoms with van der Waals surface area (Å²) in [6, 6.07) is 9.78. The fourth-order valence-electron chi connectivity index (χ4n) is 3.48. The van der Waals surface area contributed by atoms with Crippen molar-refractivity contribution in [1.29, 1.82) is 0 Å². The fraction of sp³-hybridized carbons (Fsp3) is 0.375. The van der Waals surface area contributed by atoms with Gasteiger partial charge in [-0.25, -0.2) is 9.78 Å². The zero-order valence-corrected chi connectivity index (χ0v) is 21.3. The Morgan fingerprint density at radius 1 is 1.12 bits per heavy atom. The first-order chi connectivity index (χ1) is 16.3. The molecule has 2 heterocycles. The highest BCUT2D eigenvalue weighted by atomic mass is 28.3. The van der Waals surface area contributed by atoms with Gasteiger partial charge in [0, 0.05) is 31.8 Å². The number of rotatable bonds is 11. The summed E-state index contributed by atoms with van der Waals surface area (Å²) >= 11 is 0. The maximum atomic E-state index is 12.0. The lowest BCUT2D eigenvalue weighted by Crippen LogP contribution is -2.30. The van der Waals surface area contributed by atoms with E-state index in [9.17, 15) is 9.59 Å². The number of aromatic nitrogens is 2. The van der Waals surface area contributed by atoms with Crippen molar-refractivity contribution in [2.24, 2.45) is 0 Å². The Morgan fingerprint density at radius 2 is 1.82 bits per heavy atom. The number of hydrogen-bond acceptors (Lipinski definition) is 6. The van der Waals surface area contributed by atoms with Crippen LogP contribution in [0.1, 0.15) is 0 Å². The van der Waals surface area contributed by atoms with Gasteiger partial charge in [0.2, 0.25) is 0 Å². The van der Waals surface area contributed by atoms with Gasteiger partial charge >= 0.3 is 6.03 Å². The van der Waals surface area contributed by atoms with Crippen LogP contribution in [0.15, 0.2) is 36.5 Å². The van der Waals surface area contributed by atoms with Crippen LogP contribution in [-0.4, -0.2) is 57.3 Å². The number of ether oxygens (including phenoxy) is 3. The second-order valence-corrected chi connectivity index (χ2v) is 14.6. The zero-order chi connectivity index (χ0) is 24.7. The summed E-state index contributed by atoms with van der Waals surface area (Å²) in [5, 5.41) is 5.96. The number of anilines is 1. The minimum atomic E-state index is -1.22. The summed E-state index contributed by atoms with van der Waals surface area (Å²) in [5.41, 5.74) is 2.33. The predicted molar refractivity (Wildman–Crippen MR) is 135 cm³/mol. The van der Waals surface area contributed by atoms with Crippen molar-refractivity contribution in [3.63, 3.8) is 0 Å². The largest absolute Gasteiger partial charge is 0.496 e. The predicted octanol–water partition coefficient (Wildman–Crippen LogP) is 4.35. The van der Waals surface area contributed by atoms with Crippen molar-refractivity contribution >= 4 is 37.2 Å². The highest BCUT2D eigenvalue weighted by Crippen LogP contribution is 2.42. The standard InChI is InChI=1S/C24H32N4O5Si/c1-31-19-7-6-8-20(32-2)22(19)18-15-28(16-33-13-14-34(3,4)5)23-17(18)9-10-21(26-23)27-24(30)25-11-12-29/h6-10,12,15H,11,13-14,16H2,1-5H3,(H2,25,26,27,30). The Labute approximate surface area is 200 Å². The topological polar surface area (TPSA) is 104 Å². The van der Waals surface area contributed by atoms with Gasteiger partial charge in [0.15, 0.2) is 0 Å². The van der Waals surface area contributed by atoms with E-state index in [4.69, 9.17) is 14.2 Å². The number of carbonyl (C=O) groups excluding carboxylic acids is 2. The van der Waals surface area contributed by atoms with Crippen molar-refractivity contribution in [3.05, 3.63) is 36.5 Å². The first kappa shape index (κ1) is 25.3. The van der Waals surface area contributed by atoms with Crippen molar-refractivity contribution in [3.8, 4) is 22.6 Å². The molecule has 0 unspecified atom stereocenters. The maximum Gasteiger partial charge on any atom is 0.320 e. The molecule has 0 atom stereocenters. The van der Waals surface area contributed by atoms with Crippen LogP contribution in [0, 0.1) is 0 Å². The number of aldehydes is 1. The summed E-state index contributed by atoms with van der Waals surface area (Å²) in [7, 11) is 2.02. The number of fused-ring (bicyclic) bond motifs is 1. The smallest absolute Gasteiger partial charge is 0.320 e. The number of urea groups is 1. The highest BCUT2D eigenvalue weighted by molar-refractivity contribution is 6.76. The lowest BCUT2D eigenvalue weighted by Gasteiger charge is -2.15. The average molecular weight is 485 g/mol. The van der Waals surface area contributed by atoms with E-state index < -0.39 is 14.1 Å². The van der Waals surface area contributed by atoms with Crippen molar-refractivity contribution < 1.29 is 23.8 Å². The Bertz CT molecular complexity index is 1130. The molecule has 2 N–H and O–H groups in total. The number of amides is 2. The average Bonchev–Trinajstić information content (AvgIpc) is 3.16. The second kappa shape index (κ2) is 11.2. The molecule has 182 valence electrons. The summed E-state index contributed by atoms with van der Waals surface area (Å²) in [6.07, 6.45) is 2.58. The molecule has 0 aliphatic heterocycles. The van der Waals surface area contributed by atoms with E-state index >= 15 is 0 Å². The van der Waals surface area contributed by atoms with Gasteiger partial charge in [0.05, 0.1) is 26.3 Å². The molecule has 2 amide bonds. The maximum absolute atomic E-state index is 12.0. The van der Waals surface area contributed by atoms with Gasteiger partial charge < -0.3 is 28.9 Å². The molecular formula is C24H32N4O5Si. The van der Waals surface area contributed by atoms with Crippen LogP contribution >= 0.6 is 0 Å². The molecule has 0 saturated heterocycles. The van der Waals surface area contributed by atoms with E-state index in [1.807, 2.05) is 35.0 Å². The van der Waals surface area contributed by atoms with Gasteiger partial charge in [-0.1, -0.05) is 25.7 Å². The summed E-state index contributed by atoms with van der Waals surface area (Å²) in [5.74, 6) is 1.71. The molecule has 34 heavy (non-hydrogen) atoms. The van der Waals surface area contributed by atoms with E-state index in [-0.39, 0.29) is 6.54 Å². The van der Waals surface area contributed by atoms with E-state index in [1.165, 1.54) is 0 Å². The van der Waals surface area contributed by atoms with Crippen LogP contribution in [0.5, 0.6) is 11.5 Å². The van der Waals surface area contributed by atoms with E-state index in [0.29, 0.717) is 42.6 Å². The third-order valence-electron chi connectivity index (χ3n) is 5.23. The van der Waals surface area contributed by atoms with Crippen molar-refractivity contribution in [2.45, 2.75) is 32.4 Å². The molecule has 2 aromatic heterocycles. The van der Waals surface area contributed by atoms with Crippen LogP contribution < -0.4 is 20.1 Å².